The van der Waals surface area contributed by atoms with Gasteiger partial charge in [-0.1, -0.05) is 119 Å². The van der Waals surface area contributed by atoms with Crippen molar-refractivity contribution in [3.63, 3.8) is 0 Å². The average Bonchev–Trinajstić information content (AvgIpc) is 4.17. The number of nitrogens with zero attached hydrogens (tertiary/aromatic N) is 4. The number of aryl methyl sites for hydroxylation is 6. The number of anilines is 2. The second kappa shape index (κ2) is 25.8. The number of hydrogen-bond donors (Lipinski definition) is 3. The summed E-state index contributed by atoms with van der Waals surface area (Å²) in [6.07, 6.45) is 5.53. The van der Waals surface area contributed by atoms with E-state index in [1.165, 1.54) is 82.3 Å². The number of methoxy groups -OCH3 is 1. The van der Waals surface area contributed by atoms with Gasteiger partial charge >= 0.3 is 105 Å². The fourth-order valence-corrected chi connectivity index (χ4v) is 12.1. The molecule has 429 valence electrons. The molecule has 0 amide bonds. The summed E-state index contributed by atoms with van der Waals surface area (Å²) in [6, 6.07) is 55.2. The summed E-state index contributed by atoms with van der Waals surface area (Å²) in [7, 11) is 1.61. The molecule has 0 saturated carbocycles. The Morgan fingerprint density at radius 2 is 1.08 bits per heavy atom. The quantitative estimate of drug-likeness (QED) is 0.0678. The van der Waals surface area contributed by atoms with E-state index >= 15 is 0 Å². The van der Waals surface area contributed by atoms with Crippen LogP contribution in [0.5, 0.6) is 17.2 Å². The van der Waals surface area contributed by atoms with Crippen LogP contribution < -0.4 is 14.5 Å². The molecule has 9 heteroatoms. The first-order chi connectivity index (χ1) is 39.4. The van der Waals surface area contributed by atoms with Crippen molar-refractivity contribution < 1.29 is 37.9 Å². The molecule has 83 heavy (non-hydrogen) atoms. The predicted molar refractivity (Wildman–Crippen MR) is 345 cm³/mol. The summed E-state index contributed by atoms with van der Waals surface area (Å²) >= 11 is 2.71. The van der Waals surface area contributed by atoms with Gasteiger partial charge in [0.1, 0.15) is 17.2 Å². The van der Waals surface area contributed by atoms with E-state index in [0.717, 1.165) is 24.5 Å². The van der Waals surface area contributed by atoms with Crippen LogP contribution in [0.15, 0.2) is 180 Å². The molecule has 1 atom stereocenters. The monoisotopic (exact) mass is 1190 g/mol. The van der Waals surface area contributed by atoms with Crippen LogP contribution in [-0.2, 0) is 40.7 Å². The molecule has 8 aromatic rings. The number of hydrogen-bond acceptors (Lipinski definition) is 8. The number of rotatable bonds is 11. The standard InChI is InChI=1S/C41H50N3O2.C18H21NO2.C15H10.Ru/c1-26-20-28(3)37(29(4)21-26)43-18-19-44(38-30(5)22-27(2)23-31(38)6)39(43)41(10,35-17-16-34(46-11)24-36(35)45)25-42-33-14-12-32(13-15-33)40(7,8)9;1-18(2,3)15-6-8-16(9-7-15)19-11-14-5-4-13(12-20)10-17(14)21;1-2-6-12(7-3-1)15-11-10-13-8-4-5-9-14(13)15;/h12-17,20-25,39,45H,10,18-19H2,1-9,11H3;4-11,20-21H,12H2,1-3H3;1-9,11H;/q-1;;;+1. The zero-order valence-electron chi connectivity index (χ0n) is 50.6. The van der Waals surface area contributed by atoms with Gasteiger partial charge in [0.05, 0.1) is 31.3 Å². The van der Waals surface area contributed by atoms with E-state index in [-0.39, 0.29) is 35.1 Å². The third kappa shape index (κ3) is 14.2. The van der Waals surface area contributed by atoms with Crippen LogP contribution in [0.4, 0.5) is 22.7 Å². The van der Waals surface area contributed by atoms with Crippen molar-refractivity contribution in [2.45, 2.75) is 112 Å². The first-order valence-corrected chi connectivity index (χ1v) is 29.3. The Morgan fingerprint density at radius 1 is 0.590 bits per heavy atom. The van der Waals surface area contributed by atoms with Crippen molar-refractivity contribution in [3.05, 3.63) is 255 Å². The van der Waals surface area contributed by atoms with Gasteiger partial charge in [-0.2, -0.15) is 0 Å². The molecule has 1 saturated heterocycles. The molecule has 0 aromatic heterocycles. The number of aromatic hydroxyl groups is 2. The fourth-order valence-electron chi connectivity index (χ4n) is 11.5. The van der Waals surface area contributed by atoms with E-state index in [9.17, 15) is 10.2 Å². The van der Waals surface area contributed by atoms with E-state index in [1.54, 1.807) is 37.6 Å². The summed E-state index contributed by atoms with van der Waals surface area (Å²) in [5.41, 5.74) is 20.4. The molecule has 0 spiro atoms. The van der Waals surface area contributed by atoms with Crippen LogP contribution in [0.25, 0.3) is 5.57 Å². The Kier molecular flexibility index (Phi) is 19.1. The zero-order valence-corrected chi connectivity index (χ0v) is 52.4. The molecule has 1 fully saturated rings. The number of fused-ring (bicyclic) bond motifs is 1. The van der Waals surface area contributed by atoms with E-state index in [4.69, 9.17) is 21.8 Å². The minimum atomic E-state index is -0.997. The van der Waals surface area contributed by atoms with Crippen LogP contribution in [-0.4, -0.2) is 58.2 Å². The predicted octanol–water partition coefficient (Wildman–Crippen LogP) is 16.5. The van der Waals surface area contributed by atoms with Gasteiger partial charge in [0.15, 0.2) is 0 Å². The van der Waals surface area contributed by atoms with Crippen LogP contribution in [0, 0.1) is 48.5 Å². The zero-order chi connectivity index (χ0) is 60.0. The van der Waals surface area contributed by atoms with Crippen LogP contribution in [0.3, 0.4) is 0 Å². The Morgan fingerprint density at radius 3 is 1.55 bits per heavy atom. The third-order valence-corrected chi connectivity index (χ3v) is 16.3. The van der Waals surface area contributed by atoms with Crippen molar-refractivity contribution in [1.29, 1.82) is 0 Å². The van der Waals surface area contributed by atoms with E-state index in [1.807, 2.05) is 30.5 Å². The summed E-state index contributed by atoms with van der Waals surface area (Å²) in [5, 5.41) is 30.5. The molecule has 0 bridgehead atoms. The second-order valence-corrected chi connectivity index (χ2v) is 25.1. The minimum absolute atomic E-state index is 0.0472. The number of aliphatic hydroxyl groups is 1. The number of aliphatic hydroxyl groups excluding tert-OH is 1. The summed E-state index contributed by atoms with van der Waals surface area (Å²) in [5.74, 6) is 0.843. The van der Waals surface area contributed by atoms with Crippen molar-refractivity contribution >= 4 is 44.9 Å². The van der Waals surface area contributed by atoms with E-state index in [0.29, 0.717) is 22.4 Å². The molecule has 0 radical (unpaired) electrons. The maximum absolute atomic E-state index is 11.6. The Bertz CT molecular complexity index is 3590. The summed E-state index contributed by atoms with van der Waals surface area (Å²) < 4.78 is 6.77. The van der Waals surface area contributed by atoms with Crippen molar-refractivity contribution in [3.8, 4) is 17.2 Å². The van der Waals surface area contributed by atoms with Gasteiger partial charge in [0.2, 0.25) is 0 Å². The molecule has 1 heterocycles. The number of phenolic OH excluding ortho intramolecular Hbond substituents is 2. The van der Waals surface area contributed by atoms with Gasteiger partial charge in [-0.05, 0) is 146 Å². The van der Waals surface area contributed by atoms with Gasteiger partial charge in [0.25, 0.3) is 0 Å². The van der Waals surface area contributed by atoms with Crippen LogP contribution in [0.2, 0.25) is 0 Å². The molecule has 1 aliphatic heterocycles. The first-order valence-electron chi connectivity index (χ1n) is 28.4. The van der Waals surface area contributed by atoms with Crippen molar-refractivity contribution in [2.75, 3.05) is 30.0 Å². The number of phenols is 2. The van der Waals surface area contributed by atoms with Crippen LogP contribution in [0.1, 0.15) is 119 Å². The van der Waals surface area contributed by atoms with Crippen LogP contribution >= 0.6 is 0 Å². The van der Waals surface area contributed by atoms with E-state index < -0.39 is 5.41 Å². The van der Waals surface area contributed by atoms with Gasteiger partial charge < -0.3 is 36.8 Å². The molecular weight excluding hydrogens is 1110 g/mol. The van der Waals surface area contributed by atoms with Gasteiger partial charge in [-0.25, -0.2) is 0 Å². The molecule has 2 aliphatic rings. The molecule has 3 N–H and O–H groups in total. The van der Waals surface area contributed by atoms with Gasteiger partial charge in [-0.15, -0.1) is 0 Å². The number of allylic oxidation sites excluding steroid dienone is 1. The van der Waals surface area contributed by atoms with Crippen molar-refractivity contribution in [1.82, 2.24) is 0 Å². The Balaban J connectivity index is 0.000000197. The first kappa shape index (κ1) is 61.4. The summed E-state index contributed by atoms with van der Waals surface area (Å²) in [6.45, 7) is 32.7. The Labute approximate surface area is 503 Å². The molecule has 1 aliphatic carbocycles. The van der Waals surface area contributed by atoms with E-state index in [2.05, 4.69) is 237 Å². The topological polar surface area (TPSA) is 101 Å². The maximum atomic E-state index is 11.6. The van der Waals surface area contributed by atoms with Gasteiger partial charge in [0, 0.05) is 42.3 Å². The molecule has 1 unspecified atom stereocenters. The van der Waals surface area contributed by atoms with Gasteiger partial charge in [-0.3, -0.25) is 9.98 Å². The molecule has 8 nitrogen and oxygen atoms in total. The molecule has 8 aromatic carbocycles. The number of aliphatic imine (C=N–C) groups is 2. The number of ether oxygens (including phenoxy) is 1. The second-order valence-electron chi connectivity index (χ2n) is 24.1. The normalized spacial score (nSPS) is 14.3. The fraction of sp³-hybridized carbons (Fsp3) is 0.270. The average molecular weight is 1190 g/mol. The third-order valence-electron chi connectivity index (χ3n) is 15.5. The molecular formula is C74H81N4O4Ru. The molecule has 10 rings (SSSR count). The van der Waals surface area contributed by atoms with Crippen molar-refractivity contribution in [2.24, 2.45) is 9.98 Å². The Hall–Kier alpha value is -7.71. The SMILES string of the molecule is CC(C)(C)c1ccc(N=Cc2ccc(CO)cc2O)cc1.[CH2-]C(C=Nc1ccc(C(C)(C)C)cc1)(c1ccc(OC)cc1O)C1N(c2c(C)cc(C)cc2C)CCN1c1c(C)cc(C)cc1C.[Ru+]=[C]1C=C(c2ccccc2)c2ccccc21. The number of benzene rings is 8. The summed E-state index contributed by atoms with van der Waals surface area (Å²) in [4.78, 5) is 14.4.